The van der Waals surface area contributed by atoms with Gasteiger partial charge >= 0.3 is 5.97 Å². The molecule has 24 heavy (non-hydrogen) atoms. The van der Waals surface area contributed by atoms with E-state index in [1.54, 1.807) is 13.0 Å². The molecule has 0 aromatic heterocycles. The zero-order chi connectivity index (χ0) is 18.3. The Kier molecular flexibility index (Phi) is 7.03. The Hall–Kier alpha value is -2.28. The molecule has 0 radical (unpaired) electrons. The molecule has 2 atom stereocenters. The molecule has 132 valence electrons. The van der Waals surface area contributed by atoms with E-state index in [4.69, 9.17) is 9.47 Å². The molecule has 0 bridgehead atoms. The van der Waals surface area contributed by atoms with Crippen LogP contribution in [0.15, 0.2) is 24.3 Å². The van der Waals surface area contributed by atoms with Crippen LogP contribution in [0.5, 0.6) is 0 Å². The highest BCUT2D eigenvalue weighted by atomic mass is 19.1. The molecular formula is C17H22FNO5. The molecule has 1 rings (SSSR count). The van der Waals surface area contributed by atoms with Crippen molar-refractivity contribution in [2.24, 2.45) is 0 Å². The van der Waals surface area contributed by atoms with Gasteiger partial charge in [0.25, 0.3) is 5.91 Å². The summed E-state index contributed by atoms with van der Waals surface area (Å²) < 4.78 is 24.1. The van der Waals surface area contributed by atoms with Gasteiger partial charge in [-0.2, -0.15) is 0 Å². The van der Waals surface area contributed by atoms with Gasteiger partial charge in [0.15, 0.2) is 5.60 Å². The van der Waals surface area contributed by atoms with Crippen LogP contribution in [-0.4, -0.2) is 37.4 Å². The summed E-state index contributed by atoms with van der Waals surface area (Å²) in [5.74, 6) is -2.38. The van der Waals surface area contributed by atoms with Crippen LogP contribution < -0.4 is 5.32 Å². The van der Waals surface area contributed by atoms with Gasteiger partial charge in [0.2, 0.25) is 0 Å². The molecule has 2 unspecified atom stereocenters. The highest BCUT2D eigenvalue weighted by Gasteiger charge is 2.39. The summed E-state index contributed by atoms with van der Waals surface area (Å²) in [6, 6.07) is 4.53. The maximum Gasteiger partial charge on any atom is 0.329 e. The molecule has 0 spiro atoms. The monoisotopic (exact) mass is 339 g/mol. The summed E-state index contributed by atoms with van der Waals surface area (Å²) in [6.45, 7) is 4.41. The minimum atomic E-state index is -1.66. The molecule has 0 aliphatic heterocycles. The van der Waals surface area contributed by atoms with E-state index in [0.29, 0.717) is 0 Å². The molecule has 0 heterocycles. The molecular weight excluding hydrogens is 317 g/mol. The number of hydrogen-bond acceptors (Lipinski definition) is 5. The molecule has 0 saturated carbocycles. The van der Waals surface area contributed by atoms with Crippen molar-refractivity contribution in [2.45, 2.75) is 38.8 Å². The highest BCUT2D eigenvalue weighted by Crippen LogP contribution is 2.27. The Morgan fingerprint density at radius 1 is 1.29 bits per heavy atom. The van der Waals surface area contributed by atoms with Gasteiger partial charge in [-0.25, -0.2) is 9.18 Å². The minimum Gasteiger partial charge on any atom is -0.464 e. The first kappa shape index (κ1) is 19.8. The van der Waals surface area contributed by atoms with E-state index in [-0.39, 0.29) is 24.4 Å². The second-order valence-electron chi connectivity index (χ2n) is 5.40. The van der Waals surface area contributed by atoms with Crippen molar-refractivity contribution in [1.82, 2.24) is 5.32 Å². The molecule has 1 aromatic rings. The normalized spacial score (nSPS) is 14.4. The van der Waals surface area contributed by atoms with Crippen molar-refractivity contribution in [3.05, 3.63) is 35.6 Å². The van der Waals surface area contributed by atoms with Gasteiger partial charge in [-0.15, -0.1) is 0 Å². The number of amides is 1. The van der Waals surface area contributed by atoms with Gasteiger partial charge in [0.05, 0.1) is 6.61 Å². The summed E-state index contributed by atoms with van der Waals surface area (Å²) in [4.78, 5) is 35.9. The average molecular weight is 339 g/mol. The van der Waals surface area contributed by atoms with Crippen molar-refractivity contribution in [1.29, 1.82) is 0 Å². The topological polar surface area (TPSA) is 81.7 Å². The maximum atomic E-state index is 14.1. The summed E-state index contributed by atoms with van der Waals surface area (Å²) in [5.41, 5.74) is -1.64. The van der Waals surface area contributed by atoms with Gasteiger partial charge in [0.1, 0.15) is 17.6 Å². The lowest BCUT2D eigenvalue weighted by atomic mass is 9.93. The van der Waals surface area contributed by atoms with Crippen molar-refractivity contribution in [3.63, 3.8) is 0 Å². The van der Waals surface area contributed by atoms with Gasteiger partial charge in [-0.1, -0.05) is 18.2 Å². The Bertz CT molecular complexity index is 619. The highest BCUT2D eigenvalue weighted by molar-refractivity contribution is 5.92. The first-order valence-electron chi connectivity index (χ1n) is 7.53. The number of carbonyl (C=O) groups is 3. The third-order valence-electron chi connectivity index (χ3n) is 3.60. The second-order valence-corrected chi connectivity index (χ2v) is 5.40. The molecule has 0 saturated heterocycles. The van der Waals surface area contributed by atoms with E-state index >= 15 is 0 Å². The number of ether oxygens (including phenoxy) is 2. The first-order valence-corrected chi connectivity index (χ1v) is 7.53. The number of carbonyl (C=O) groups excluding carboxylic acids is 3. The zero-order valence-electron chi connectivity index (χ0n) is 14.2. The molecule has 1 N–H and O–H groups in total. The fourth-order valence-electron chi connectivity index (χ4n) is 2.19. The van der Waals surface area contributed by atoms with Crippen LogP contribution in [-0.2, 0) is 29.5 Å². The Balaban J connectivity index is 3.08. The maximum absolute atomic E-state index is 14.1. The zero-order valence-corrected chi connectivity index (χ0v) is 14.2. The first-order chi connectivity index (χ1) is 11.3. The van der Waals surface area contributed by atoms with Crippen LogP contribution in [0.25, 0.3) is 0 Å². The molecule has 1 aromatic carbocycles. The molecule has 7 heteroatoms. The van der Waals surface area contributed by atoms with Gasteiger partial charge in [0, 0.05) is 19.1 Å². The van der Waals surface area contributed by atoms with Crippen LogP contribution in [0.3, 0.4) is 0 Å². The van der Waals surface area contributed by atoms with Crippen molar-refractivity contribution >= 4 is 17.7 Å². The largest absolute Gasteiger partial charge is 0.464 e. The lowest BCUT2D eigenvalue weighted by Crippen LogP contribution is -2.51. The summed E-state index contributed by atoms with van der Waals surface area (Å²) in [7, 11) is 1.26. The Morgan fingerprint density at radius 3 is 2.42 bits per heavy atom. The molecule has 1 amide bonds. The van der Waals surface area contributed by atoms with E-state index in [2.05, 4.69) is 5.32 Å². The molecule has 6 nitrogen and oxygen atoms in total. The van der Waals surface area contributed by atoms with Crippen LogP contribution in [0.1, 0.15) is 32.8 Å². The fraction of sp³-hybridized carbons (Fsp3) is 0.471. The lowest BCUT2D eigenvalue weighted by Gasteiger charge is -2.29. The third-order valence-corrected chi connectivity index (χ3v) is 3.60. The van der Waals surface area contributed by atoms with Gasteiger partial charge in [-0.3, -0.25) is 9.59 Å². The fourth-order valence-corrected chi connectivity index (χ4v) is 2.19. The molecule has 0 aliphatic rings. The number of benzene rings is 1. The van der Waals surface area contributed by atoms with E-state index in [1.165, 1.54) is 39.2 Å². The van der Waals surface area contributed by atoms with E-state index in [0.717, 1.165) is 0 Å². The van der Waals surface area contributed by atoms with Crippen LogP contribution in [0.2, 0.25) is 0 Å². The van der Waals surface area contributed by atoms with E-state index in [9.17, 15) is 18.8 Å². The van der Waals surface area contributed by atoms with E-state index in [1.807, 2.05) is 0 Å². The van der Waals surface area contributed by atoms with Crippen LogP contribution in [0, 0.1) is 5.82 Å². The third kappa shape index (κ3) is 4.61. The number of nitrogens with one attached hydrogen (secondary N) is 1. The SMILES string of the molecule is CCOC(=O)C(CC(C)=O)NC(=O)C(C)(OC)c1ccccc1F. The summed E-state index contributed by atoms with van der Waals surface area (Å²) in [5, 5.41) is 2.42. The quantitative estimate of drug-likeness (QED) is 0.729. The van der Waals surface area contributed by atoms with Gasteiger partial charge in [-0.05, 0) is 26.8 Å². The predicted octanol–water partition coefficient (Wildman–Crippen LogP) is 1.71. The number of halogens is 1. The number of hydrogen-bond donors (Lipinski definition) is 1. The Morgan fingerprint density at radius 2 is 1.92 bits per heavy atom. The second kappa shape index (κ2) is 8.54. The standard InChI is InChI=1S/C17H22FNO5/c1-5-24-15(21)14(10-11(2)20)19-16(22)17(3,23-4)12-8-6-7-9-13(12)18/h6-9,14H,5,10H2,1-4H3,(H,19,22). The Labute approximate surface area is 140 Å². The number of methoxy groups -OCH3 is 1. The smallest absolute Gasteiger partial charge is 0.329 e. The van der Waals surface area contributed by atoms with Crippen LogP contribution in [0.4, 0.5) is 4.39 Å². The lowest BCUT2D eigenvalue weighted by molar-refractivity contribution is -0.153. The van der Waals surface area contributed by atoms with E-state index < -0.39 is 29.3 Å². The number of Topliss-reactive ketones (excluding diaryl/α,β-unsaturated/α-hetero) is 1. The van der Waals surface area contributed by atoms with Crippen molar-refractivity contribution < 1.29 is 28.2 Å². The molecule has 0 aliphatic carbocycles. The number of esters is 1. The number of rotatable bonds is 8. The number of ketones is 1. The predicted molar refractivity (Wildman–Crippen MR) is 84.6 cm³/mol. The van der Waals surface area contributed by atoms with Crippen LogP contribution >= 0.6 is 0 Å². The molecule has 0 fully saturated rings. The van der Waals surface area contributed by atoms with Crippen molar-refractivity contribution in [2.75, 3.05) is 13.7 Å². The minimum absolute atomic E-state index is 0.0235. The average Bonchev–Trinajstić information content (AvgIpc) is 2.53. The summed E-state index contributed by atoms with van der Waals surface area (Å²) in [6.07, 6.45) is -0.221. The van der Waals surface area contributed by atoms with Gasteiger partial charge < -0.3 is 14.8 Å². The summed E-state index contributed by atoms with van der Waals surface area (Å²) >= 11 is 0. The van der Waals surface area contributed by atoms with Crippen molar-refractivity contribution in [3.8, 4) is 0 Å².